The van der Waals surface area contributed by atoms with Crippen LogP contribution < -0.4 is 16.8 Å². The third-order valence-electron chi connectivity index (χ3n) is 3.25. The van der Waals surface area contributed by atoms with Crippen molar-refractivity contribution in [2.24, 2.45) is 5.73 Å². The van der Waals surface area contributed by atoms with E-state index in [1.54, 1.807) is 10.7 Å². The van der Waals surface area contributed by atoms with Crippen LogP contribution in [-0.4, -0.2) is 27.7 Å². The Balaban J connectivity index is 1.97. The summed E-state index contributed by atoms with van der Waals surface area (Å²) in [7, 11) is 0. The number of benzene rings is 1. The van der Waals surface area contributed by atoms with Gasteiger partial charge in [0.1, 0.15) is 5.82 Å². The molecule has 0 saturated heterocycles. The van der Waals surface area contributed by atoms with Crippen LogP contribution in [0.1, 0.15) is 6.42 Å². The zero-order chi connectivity index (χ0) is 14.7. The van der Waals surface area contributed by atoms with Gasteiger partial charge >= 0.3 is 0 Å². The van der Waals surface area contributed by atoms with E-state index in [4.69, 9.17) is 11.5 Å². The van der Waals surface area contributed by atoms with Gasteiger partial charge in [0.15, 0.2) is 5.65 Å². The second kappa shape index (κ2) is 5.80. The zero-order valence-electron chi connectivity index (χ0n) is 11.7. The first kappa shape index (κ1) is 13.4. The van der Waals surface area contributed by atoms with Crippen LogP contribution in [0.15, 0.2) is 42.7 Å². The Kier molecular flexibility index (Phi) is 3.70. The Hall–Kier alpha value is -2.60. The molecule has 0 aliphatic rings. The fraction of sp³-hybridized carbons (Fsp3) is 0.200. The first-order valence-electron chi connectivity index (χ1n) is 6.92. The van der Waals surface area contributed by atoms with Crippen LogP contribution in [0.25, 0.3) is 16.8 Å². The maximum absolute atomic E-state index is 5.85. The highest BCUT2D eigenvalue weighted by atomic mass is 15.2. The van der Waals surface area contributed by atoms with Crippen molar-refractivity contribution < 1.29 is 0 Å². The number of hydrogen-bond donors (Lipinski definition) is 3. The minimum absolute atomic E-state index is 0.663. The average molecular weight is 282 g/mol. The van der Waals surface area contributed by atoms with E-state index in [1.165, 1.54) is 0 Å². The molecule has 108 valence electrons. The third-order valence-corrected chi connectivity index (χ3v) is 3.25. The van der Waals surface area contributed by atoms with Gasteiger partial charge in [-0.05, 0) is 36.7 Å². The SMILES string of the molecule is NCCCNc1ccn2ncc(-c3cccc(N)c3)c2n1. The van der Waals surface area contributed by atoms with Crippen molar-refractivity contribution >= 4 is 17.2 Å². The second-order valence-corrected chi connectivity index (χ2v) is 4.83. The Labute approximate surface area is 122 Å². The number of nitrogen functional groups attached to an aromatic ring is 1. The van der Waals surface area contributed by atoms with Gasteiger partial charge in [0.2, 0.25) is 0 Å². The summed E-state index contributed by atoms with van der Waals surface area (Å²) in [5.74, 6) is 0.821. The van der Waals surface area contributed by atoms with Crippen molar-refractivity contribution in [2.75, 3.05) is 24.1 Å². The van der Waals surface area contributed by atoms with Crippen molar-refractivity contribution in [3.05, 3.63) is 42.7 Å². The first-order valence-corrected chi connectivity index (χ1v) is 6.92. The van der Waals surface area contributed by atoms with Gasteiger partial charge in [-0.1, -0.05) is 12.1 Å². The van der Waals surface area contributed by atoms with Gasteiger partial charge in [0.25, 0.3) is 0 Å². The summed E-state index contributed by atoms with van der Waals surface area (Å²) in [5.41, 5.74) is 14.8. The van der Waals surface area contributed by atoms with E-state index in [9.17, 15) is 0 Å². The van der Waals surface area contributed by atoms with E-state index in [1.807, 2.05) is 36.5 Å². The van der Waals surface area contributed by atoms with E-state index in [2.05, 4.69) is 15.4 Å². The molecule has 3 rings (SSSR count). The number of anilines is 2. The van der Waals surface area contributed by atoms with E-state index in [-0.39, 0.29) is 0 Å². The highest BCUT2D eigenvalue weighted by Gasteiger charge is 2.09. The molecule has 0 spiro atoms. The molecule has 6 heteroatoms. The van der Waals surface area contributed by atoms with Gasteiger partial charge in [-0.3, -0.25) is 0 Å². The Morgan fingerprint density at radius 3 is 2.95 bits per heavy atom. The summed E-state index contributed by atoms with van der Waals surface area (Å²) < 4.78 is 1.76. The number of nitrogens with zero attached hydrogens (tertiary/aromatic N) is 3. The van der Waals surface area contributed by atoms with Crippen molar-refractivity contribution in [1.82, 2.24) is 14.6 Å². The van der Waals surface area contributed by atoms with Crippen LogP contribution >= 0.6 is 0 Å². The van der Waals surface area contributed by atoms with Crippen LogP contribution in [0, 0.1) is 0 Å². The molecule has 0 aliphatic heterocycles. The van der Waals surface area contributed by atoms with Gasteiger partial charge in [-0.2, -0.15) is 5.10 Å². The van der Waals surface area contributed by atoms with Gasteiger partial charge in [-0.15, -0.1) is 0 Å². The smallest absolute Gasteiger partial charge is 0.165 e. The number of rotatable bonds is 5. The molecule has 0 saturated carbocycles. The van der Waals surface area contributed by atoms with Crippen molar-refractivity contribution in [3.63, 3.8) is 0 Å². The molecule has 0 atom stereocenters. The van der Waals surface area contributed by atoms with Crippen molar-refractivity contribution in [1.29, 1.82) is 0 Å². The zero-order valence-corrected chi connectivity index (χ0v) is 11.7. The molecular weight excluding hydrogens is 264 g/mol. The summed E-state index contributed by atoms with van der Waals surface area (Å²) in [6.45, 7) is 1.47. The van der Waals surface area contributed by atoms with Gasteiger partial charge < -0.3 is 16.8 Å². The Morgan fingerprint density at radius 2 is 2.14 bits per heavy atom. The van der Waals surface area contributed by atoms with Gasteiger partial charge in [0.05, 0.1) is 6.20 Å². The van der Waals surface area contributed by atoms with E-state index >= 15 is 0 Å². The summed E-state index contributed by atoms with van der Waals surface area (Å²) in [6.07, 6.45) is 4.61. The second-order valence-electron chi connectivity index (χ2n) is 4.83. The van der Waals surface area contributed by atoms with E-state index in [0.29, 0.717) is 6.54 Å². The predicted molar refractivity (Wildman–Crippen MR) is 85.0 cm³/mol. The van der Waals surface area contributed by atoms with Crippen molar-refractivity contribution in [3.8, 4) is 11.1 Å². The summed E-state index contributed by atoms with van der Waals surface area (Å²) in [5, 5.41) is 7.59. The Morgan fingerprint density at radius 1 is 1.24 bits per heavy atom. The quantitative estimate of drug-likeness (QED) is 0.489. The maximum atomic E-state index is 5.85. The highest BCUT2D eigenvalue weighted by Crippen LogP contribution is 2.25. The topological polar surface area (TPSA) is 94.3 Å². The molecule has 0 fully saturated rings. The maximum Gasteiger partial charge on any atom is 0.165 e. The molecule has 0 radical (unpaired) electrons. The number of nitrogens with one attached hydrogen (secondary N) is 1. The molecule has 5 N–H and O–H groups in total. The lowest BCUT2D eigenvalue weighted by atomic mass is 10.1. The largest absolute Gasteiger partial charge is 0.399 e. The molecule has 0 unspecified atom stereocenters. The van der Waals surface area contributed by atoms with Gasteiger partial charge in [-0.25, -0.2) is 9.50 Å². The summed E-state index contributed by atoms with van der Waals surface area (Å²) in [4.78, 5) is 4.62. The molecule has 0 amide bonds. The number of fused-ring (bicyclic) bond motifs is 1. The molecule has 0 aliphatic carbocycles. The molecule has 6 nitrogen and oxygen atoms in total. The minimum Gasteiger partial charge on any atom is -0.399 e. The highest BCUT2D eigenvalue weighted by molar-refractivity contribution is 5.79. The van der Waals surface area contributed by atoms with Crippen LogP contribution in [0.5, 0.6) is 0 Å². The fourth-order valence-electron chi connectivity index (χ4n) is 2.20. The third kappa shape index (κ3) is 2.80. The normalized spacial score (nSPS) is 10.9. The fourth-order valence-corrected chi connectivity index (χ4v) is 2.20. The number of hydrogen-bond acceptors (Lipinski definition) is 5. The van der Waals surface area contributed by atoms with Crippen LogP contribution in [0.2, 0.25) is 0 Å². The van der Waals surface area contributed by atoms with Crippen molar-refractivity contribution in [2.45, 2.75) is 6.42 Å². The molecule has 21 heavy (non-hydrogen) atoms. The van der Waals surface area contributed by atoms with Crippen LogP contribution in [0.4, 0.5) is 11.5 Å². The summed E-state index contributed by atoms with van der Waals surface area (Å²) in [6, 6.07) is 9.62. The molecular formula is C15H18N6. The number of nitrogens with two attached hydrogens (primary N) is 2. The average Bonchev–Trinajstić information content (AvgIpc) is 2.91. The van der Waals surface area contributed by atoms with Crippen LogP contribution in [0.3, 0.4) is 0 Å². The van der Waals surface area contributed by atoms with Gasteiger partial charge in [0, 0.05) is 24.0 Å². The van der Waals surface area contributed by atoms with E-state index in [0.717, 1.165) is 41.2 Å². The predicted octanol–water partition coefficient (Wildman–Crippen LogP) is 1.74. The minimum atomic E-state index is 0.663. The van der Waals surface area contributed by atoms with E-state index < -0.39 is 0 Å². The molecule has 1 aromatic carbocycles. The number of aromatic nitrogens is 3. The summed E-state index contributed by atoms with van der Waals surface area (Å²) >= 11 is 0. The first-order chi connectivity index (χ1) is 10.3. The Bertz CT molecular complexity index is 749. The molecule has 2 heterocycles. The lowest BCUT2D eigenvalue weighted by Gasteiger charge is -2.06. The monoisotopic (exact) mass is 282 g/mol. The lowest BCUT2D eigenvalue weighted by molar-refractivity contribution is 0.867. The van der Waals surface area contributed by atoms with Crippen LogP contribution in [-0.2, 0) is 0 Å². The molecule has 2 aromatic heterocycles. The standard InChI is InChI=1S/C15H18N6/c16-6-2-7-18-14-5-8-21-15(20-14)13(10-19-21)11-3-1-4-12(17)9-11/h1,3-5,8-10H,2,6-7,16-17H2,(H,18,20). The molecule has 3 aromatic rings. The molecule has 0 bridgehead atoms. The lowest BCUT2D eigenvalue weighted by Crippen LogP contribution is -2.09.